The van der Waals surface area contributed by atoms with Crippen LogP contribution in [0.15, 0.2) is 0 Å². The molecule has 0 aliphatic heterocycles. The molecule has 1 aliphatic rings. The van der Waals surface area contributed by atoms with Crippen LogP contribution in [0.2, 0.25) is 0 Å². The van der Waals surface area contributed by atoms with Crippen LogP contribution >= 0.6 is 0 Å². The van der Waals surface area contributed by atoms with Crippen molar-refractivity contribution in [3.05, 3.63) is 0 Å². The second-order valence-electron chi connectivity index (χ2n) is 4.22. The van der Waals surface area contributed by atoms with Crippen LogP contribution in [0.5, 0.6) is 0 Å². The number of likely N-dealkylation sites (N-methyl/N-ethyl adjacent to an activating group) is 1. The van der Waals surface area contributed by atoms with Crippen LogP contribution in [0.25, 0.3) is 0 Å². The molecule has 3 nitrogen and oxygen atoms in total. The van der Waals surface area contributed by atoms with Gasteiger partial charge in [0.15, 0.2) is 0 Å². The molecule has 1 saturated carbocycles. The van der Waals surface area contributed by atoms with Crippen molar-refractivity contribution in [2.24, 2.45) is 0 Å². The lowest BCUT2D eigenvalue weighted by molar-refractivity contribution is -0.148. The maximum atomic E-state index is 12.3. The zero-order valence-electron chi connectivity index (χ0n) is 9.68. The summed E-state index contributed by atoms with van der Waals surface area (Å²) in [5.74, 6) is 0. The molecule has 0 aromatic heterocycles. The average molecular weight is 240 g/mol. The largest absolute Gasteiger partial charge is 0.401 e. The van der Waals surface area contributed by atoms with Gasteiger partial charge in [-0.2, -0.15) is 13.2 Å². The van der Waals surface area contributed by atoms with Gasteiger partial charge >= 0.3 is 6.18 Å². The first kappa shape index (κ1) is 13.7. The number of alkyl halides is 3. The smallest absolute Gasteiger partial charge is 0.383 e. The van der Waals surface area contributed by atoms with Gasteiger partial charge in [-0.15, -0.1) is 0 Å². The topological polar surface area (TPSA) is 24.5 Å². The van der Waals surface area contributed by atoms with Crippen LogP contribution in [0.4, 0.5) is 13.2 Å². The van der Waals surface area contributed by atoms with Gasteiger partial charge in [0.05, 0.1) is 13.2 Å². The van der Waals surface area contributed by atoms with Crippen molar-refractivity contribution in [1.82, 2.24) is 10.2 Å². The number of hydrogen-bond acceptors (Lipinski definition) is 3. The zero-order chi connectivity index (χ0) is 12.2. The second-order valence-corrected chi connectivity index (χ2v) is 4.22. The lowest BCUT2D eigenvalue weighted by Gasteiger charge is -2.27. The lowest BCUT2D eigenvalue weighted by Crippen LogP contribution is -2.46. The van der Waals surface area contributed by atoms with Crippen LogP contribution in [-0.4, -0.2) is 57.0 Å². The van der Waals surface area contributed by atoms with Crippen molar-refractivity contribution in [1.29, 1.82) is 0 Å². The highest BCUT2D eigenvalue weighted by Gasteiger charge is 2.38. The van der Waals surface area contributed by atoms with Crippen molar-refractivity contribution >= 4 is 0 Å². The van der Waals surface area contributed by atoms with E-state index in [2.05, 4.69) is 5.32 Å². The molecule has 16 heavy (non-hydrogen) atoms. The first-order chi connectivity index (χ1) is 7.46. The van der Waals surface area contributed by atoms with Crippen molar-refractivity contribution in [2.45, 2.75) is 31.1 Å². The van der Waals surface area contributed by atoms with Crippen LogP contribution in [0, 0.1) is 0 Å². The van der Waals surface area contributed by atoms with Crippen LogP contribution in [0.3, 0.4) is 0 Å². The Morgan fingerprint density at radius 3 is 2.44 bits per heavy atom. The molecule has 1 fully saturated rings. The molecular formula is C10H19F3N2O. The number of ether oxygens (including phenoxy) is 1. The van der Waals surface area contributed by atoms with E-state index in [0.717, 1.165) is 12.8 Å². The predicted molar refractivity (Wildman–Crippen MR) is 55.4 cm³/mol. The molecule has 1 unspecified atom stereocenters. The average Bonchev–Trinajstić information content (AvgIpc) is 2.96. The Labute approximate surface area is 93.9 Å². The third-order valence-electron chi connectivity index (χ3n) is 2.68. The Kier molecular flexibility index (Phi) is 5.01. The quantitative estimate of drug-likeness (QED) is 0.724. The van der Waals surface area contributed by atoms with Crippen molar-refractivity contribution in [3.63, 3.8) is 0 Å². The Balaban J connectivity index is 2.43. The third kappa shape index (κ3) is 5.14. The number of nitrogens with zero attached hydrogens (tertiary/aromatic N) is 1. The minimum Gasteiger partial charge on any atom is -0.383 e. The van der Waals surface area contributed by atoms with Gasteiger partial charge < -0.3 is 10.1 Å². The monoisotopic (exact) mass is 240 g/mol. The lowest BCUT2D eigenvalue weighted by atomic mass is 10.2. The van der Waals surface area contributed by atoms with Crippen LogP contribution in [-0.2, 0) is 4.74 Å². The van der Waals surface area contributed by atoms with Crippen LogP contribution in [0.1, 0.15) is 12.8 Å². The second kappa shape index (κ2) is 5.84. The molecule has 0 saturated heterocycles. The van der Waals surface area contributed by atoms with E-state index < -0.39 is 12.7 Å². The van der Waals surface area contributed by atoms with Gasteiger partial charge in [0.25, 0.3) is 0 Å². The highest BCUT2D eigenvalue weighted by Crippen LogP contribution is 2.30. The number of rotatable bonds is 7. The molecule has 96 valence electrons. The molecule has 0 radical (unpaired) electrons. The Morgan fingerprint density at radius 1 is 1.44 bits per heavy atom. The fourth-order valence-corrected chi connectivity index (χ4v) is 1.72. The Bertz CT molecular complexity index is 207. The highest BCUT2D eigenvalue weighted by atomic mass is 19.4. The maximum absolute atomic E-state index is 12.3. The molecule has 1 aliphatic carbocycles. The molecule has 0 heterocycles. The third-order valence-corrected chi connectivity index (χ3v) is 2.68. The summed E-state index contributed by atoms with van der Waals surface area (Å²) in [4.78, 5) is 1.50. The fourth-order valence-electron chi connectivity index (χ4n) is 1.72. The molecular weight excluding hydrogens is 221 g/mol. The van der Waals surface area contributed by atoms with Crippen molar-refractivity contribution in [2.75, 3.05) is 33.9 Å². The summed E-state index contributed by atoms with van der Waals surface area (Å²) in [6.45, 7) is -0.00828. The van der Waals surface area contributed by atoms with E-state index in [1.54, 1.807) is 14.2 Å². The first-order valence-corrected chi connectivity index (χ1v) is 5.43. The fraction of sp³-hybridized carbons (Fsp3) is 1.00. The van der Waals surface area contributed by atoms with Gasteiger partial charge in [-0.1, -0.05) is 0 Å². The summed E-state index contributed by atoms with van der Waals surface area (Å²) in [6, 6.07) is 0.0577. The Hall–Kier alpha value is -0.330. The number of methoxy groups -OCH3 is 1. The Morgan fingerprint density at radius 2 is 2.06 bits per heavy atom. The molecule has 0 bridgehead atoms. The molecule has 1 atom stereocenters. The van der Waals surface area contributed by atoms with Gasteiger partial charge in [-0.05, 0) is 19.9 Å². The van der Waals surface area contributed by atoms with E-state index in [0.29, 0.717) is 13.2 Å². The van der Waals surface area contributed by atoms with Gasteiger partial charge in [-0.25, -0.2) is 0 Å². The van der Waals surface area contributed by atoms with Gasteiger partial charge in [-0.3, -0.25) is 4.90 Å². The molecule has 0 aromatic carbocycles. The minimum absolute atomic E-state index is 0.0482. The summed E-state index contributed by atoms with van der Waals surface area (Å²) in [6.07, 6.45) is -2.37. The summed E-state index contributed by atoms with van der Waals surface area (Å²) in [7, 11) is 3.29. The number of nitrogens with one attached hydrogen (secondary N) is 1. The van der Waals surface area contributed by atoms with E-state index >= 15 is 0 Å². The first-order valence-electron chi connectivity index (χ1n) is 5.43. The van der Waals surface area contributed by atoms with Gasteiger partial charge in [0.2, 0.25) is 0 Å². The summed E-state index contributed by atoms with van der Waals surface area (Å²) < 4.78 is 42.0. The molecule has 0 amide bonds. The number of halogens is 3. The summed E-state index contributed by atoms with van der Waals surface area (Å²) in [5.41, 5.74) is 0. The van der Waals surface area contributed by atoms with Crippen LogP contribution < -0.4 is 5.32 Å². The summed E-state index contributed by atoms with van der Waals surface area (Å²) in [5, 5.41) is 2.97. The van der Waals surface area contributed by atoms with E-state index in [4.69, 9.17) is 4.74 Å². The molecule has 1 rings (SSSR count). The normalized spacial score (nSPS) is 19.1. The summed E-state index contributed by atoms with van der Waals surface area (Å²) >= 11 is 0. The number of hydrogen-bond donors (Lipinski definition) is 1. The van der Waals surface area contributed by atoms with E-state index in [1.807, 2.05) is 0 Å². The standard InChI is InChI=1S/C10H19F3N2O/c1-14-8(6-16-2)5-15(9-3-4-9)7-10(11,12)13/h8-9,14H,3-7H2,1-2H3. The molecule has 0 aromatic rings. The van der Waals surface area contributed by atoms with Gasteiger partial charge in [0.1, 0.15) is 0 Å². The van der Waals surface area contributed by atoms with E-state index in [9.17, 15) is 13.2 Å². The zero-order valence-corrected chi connectivity index (χ0v) is 9.68. The van der Waals surface area contributed by atoms with Crippen molar-refractivity contribution < 1.29 is 17.9 Å². The molecule has 6 heteroatoms. The molecule has 0 spiro atoms. The highest BCUT2D eigenvalue weighted by molar-refractivity contribution is 4.87. The van der Waals surface area contributed by atoms with E-state index in [-0.39, 0.29) is 12.1 Å². The minimum atomic E-state index is -4.12. The SMILES string of the molecule is CNC(COC)CN(CC(F)(F)F)C1CC1. The molecule has 1 N–H and O–H groups in total. The van der Waals surface area contributed by atoms with Gasteiger partial charge in [0, 0.05) is 25.7 Å². The predicted octanol–water partition coefficient (Wildman–Crippen LogP) is 1.25. The van der Waals surface area contributed by atoms with Crippen molar-refractivity contribution in [3.8, 4) is 0 Å². The maximum Gasteiger partial charge on any atom is 0.401 e. The van der Waals surface area contributed by atoms with E-state index in [1.165, 1.54) is 4.90 Å².